The lowest BCUT2D eigenvalue weighted by Gasteiger charge is -2.32. The van der Waals surface area contributed by atoms with Gasteiger partial charge in [-0.25, -0.2) is 4.68 Å². The molecule has 0 spiro atoms. The summed E-state index contributed by atoms with van der Waals surface area (Å²) in [6.07, 6.45) is 6.56. The Morgan fingerprint density at radius 2 is 1.84 bits per heavy atom. The second kappa shape index (κ2) is 8.91. The van der Waals surface area contributed by atoms with E-state index in [0.29, 0.717) is 0 Å². The van der Waals surface area contributed by atoms with E-state index in [1.807, 2.05) is 10.7 Å². The van der Waals surface area contributed by atoms with Crippen LogP contribution in [-0.4, -0.2) is 43.2 Å². The number of aromatic amines is 1. The van der Waals surface area contributed by atoms with Gasteiger partial charge in [-0.1, -0.05) is 32.8 Å². The van der Waals surface area contributed by atoms with Gasteiger partial charge in [0.25, 0.3) is 5.56 Å². The molecule has 4 rings (SSSR count). The van der Waals surface area contributed by atoms with Gasteiger partial charge >= 0.3 is 0 Å². The molecular weight excluding hydrogens is 388 g/mol. The lowest BCUT2D eigenvalue weighted by atomic mass is 9.98. The predicted octanol–water partition coefficient (Wildman–Crippen LogP) is 4.19. The first-order valence-electron chi connectivity index (χ1n) is 11.6. The second-order valence-corrected chi connectivity index (χ2v) is 9.30. The van der Waals surface area contributed by atoms with Gasteiger partial charge in [-0.15, -0.1) is 5.10 Å². The molecule has 2 aromatic heterocycles. The summed E-state index contributed by atoms with van der Waals surface area (Å²) in [6.45, 7) is 10.5. The lowest BCUT2D eigenvalue weighted by Crippen LogP contribution is -2.38. The third-order valence-electron chi connectivity index (χ3n) is 6.82. The minimum absolute atomic E-state index is 0.0603. The van der Waals surface area contributed by atoms with Gasteiger partial charge < -0.3 is 4.98 Å². The number of fused-ring (bicyclic) bond motifs is 1. The molecule has 0 radical (unpaired) electrons. The summed E-state index contributed by atoms with van der Waals surface area (Å²) >= 11 is 0. The lowest BCUT2D eigenvalue weighted by molar-refractivity contribution is 0.202. The Hall–Kier alpha value is -2.54. The van der Waals surface area contributed by atoms with Crippen molar-refractivity contribution in [3.05, 3.63) is 51.6 Å². The molecule has 0 amide bonds. The van der Waals surface area contributed by atoms with Gasteiger partial charge in [-0.3, -0.25) is 9.69 Å². The molecule has 0 saturated carbocycles. The van der Waals surface area contributed by atoms with Crippen molar-refractivity contribution in [1.82, 2.24) is 30.1 Å². The van der Waals surface area contributed by atoms with Gasteiger partial charge in [0.15, 0.2) is 5.82 Å². The Balaban J connectivity index is 1.91. The number of aromatic nitrogens is 5. The molecule has 1 atom stereocenters. The molecule has 3 aromatic rings. The fourth-order valence-electron chi connectivity index (χ4n) is 4.49. The molecule has 1 fully saturated rings. The van der Waals surface area contributed by atoms with Crippen LogP contribution in [0.25, 0.3) is 10.9 Å². The van der Waals surface area contributed by atoms with Crippen molar-refractivity contribution >= 4 is 10.9 Å². The minimum atomic E-state index is -0.266. The van der Waals surface area contributed by atoms with Crippen LogP contribution in [-0.2, 0) is 12.0 Å². The monoisotopic (exact) mass is 422 g/mol. The van der Waals surface area contributed by atoms with Crippen LogP contribution in [0.2, 0.25) is 0 Å². The number of tetrazole rings is 1. The van der Waals surface area contributed by atoms with Gasteiger partial charge in [0, 0.05) is 11.1 Å². The van der Waals surface area contributed by atoms with E-state index in [2.05, 4.69) is 71.3 Å². The number of hydrogen-bond donors (Lipinski definition) is 1. The van der Waals surface area contributed by atoms with Crippen molar-refractivity contribution in [2.24, 2.45) is 0 Å². The summed E-state index contributed by atoms with van der Waals surface area (Å²) in [4.78, 5) is 18.8. The van der Waals surface area contributed by atoms with Gasteiger partial charge in [-0.05, 0) is 92.2 Å². The number of nitrogens with zero attached hydrogens (tertiary/aromatic N) is 5. The zero-order valence-corrected chi connectivity index (χ0v) is 19.2. The summed E-state index contributed by atoms with van der Waals surface area (Å²) in [7, 11) is 0. The van der Waals surface area contributed by atoms with Crippen LogP contribution < -0.4 is 5.56 Å². The van der Waals surface area contributed by atoms with E-state index in [-0.39, 0.29) is 17.1 Å². The van der Waals surface area contributed by atoms with Crippen molar-refractivity contribution in [1.29, 1.82) is 0 Å². The van der Waals surface area contributed by atoms with Gasteiger partial charge in [0.2, 0.25) is 0 Å². The van der Waals surface area contributed by atoms with E-state index in [1.165, 1.54) is 18.4 Å². The number of benzene rings is 1. The molecule has 166 valence electrons. The maximum absolute atomic E-state index is 13.3. The first-order valence-corrected chi connectivity index (χ1v) is 11.6. The maximum Gasteiger partial charge on any atom is 0.253 e. The quantitative estimate of drug-likeness (QED) is 0.644. The van der Waals surface area contributed by atoms with E-state index in [4.69, 9.17) is 0 Å². The van der Waals surface area contributed by atoms with Gasteiger partial charge in [0.05, 0.1) is 5.54 Å². The van der Waals surface area contributed by atoms with Crippen molar-refractivity contribution in [2.45, 2.75) is 77.8 Å². The standard InChI is InChI=1S/C24H34N6O/c1-5-17-11-12-20-18(15-17)16-19(23(31)25-20)21(29-13-9-7-8-10-14-29)22-26-27-28-30(22)24(3,4)6-2/h11-12,15-16,21H,5-10,13-14H2,1-4H3,(H,25,31)/t21-/m0/s1. The van der Waals surface area contributed by atoms with E-state index in [0.717, 1.165) is 61.1 Å². The Kier molecular flexibility index (Phi) is 6.23. The maximum atomic E-state index is 13.3. The molecule has 1 aliphatic rings. The van der Waals surface area contributed by atoms with E-state index in [9.17, 15) is 4.79 Å². The Labute approximate surface area is 183 Å². The summed E-state index contributed by atoms with van der Waals surface area (Å²) in [5.74, 6) is 0.755. The van der Waals surface area contributed by atoms with Crippen molar-refractivity contribution < 1.29 is 0 Å². The molecule has 1 saturated heterocycles. The van der Waals surface area contributed by atoms with Crippen LogP contribution in [0.4, 0.5) is 0 Å². The van der Waals surface area contributed by atoms with E-state index in [1.54, 1.807) is 0 Å². The Morgan fingerprint density at radius 3 is 2.52 bits per heavy atom. The highest BCUT2D eigenvalue weighted by molar-refractivity contribution is 5.80. The van der Waals surface area contributed by atoms with Crippen molar-refractivity contribution in [2.75, 3.05) is 13.1 Å². The van der Waals surface area contributed by atoms with Crippen LogP contribution in [0, 0.1) is 0 Å². The molecule has 1 aromatic carbocycles. The largest absolute Gasteiger partial charge is 0.322 e. The molecule has 7 heteroatoms. The number of pyridine rings is 1. The first-order chi connectivity index (χ1) is 14.9. The average molecular weight is 423 g/mol. The molecule has 3 heterocycles. The van der Waals surface area contributed by atoms with Crippen molar-refractivity contribution in [3.8, 4) is 0 Å². The van der Waals surface area contributed by atoms with E-state index < -0.39 is 0 Å². The highest BCUT2D eigenvalue weighted by Crippen LogP contribution is 2.32. The number of aryl methyl sites for hydroxylation is 1. The summed E-state index contributed by atoms with van der Waals surface area (Å²) in [5, 5.41) is 13.9. The van der Waals surface area contributed by atoms with Crippen LogP contribution >= 0.6 is 0 Å². The highest BCUT2D eigenvalue weighted by Gasteiger charge is 2.34. The third-order valence-corrected chi connectivity index (χ3v) is 6.82. The first kappa shape index (κ1) is 21.7. The van der Waals surface area contributed by atoms with Crippen molar-refractivity contribution in [3.63, 3.8) is 0 Å². The molecule has 1 N–H and O–H groups in total. The Morgan fingerprint density at radius 1 is 1.10 bits per heavy atom. The Bertz CT molecular complexity index is 1090. The normalized spacial score (nSPS) is 17.0. The number of hydrogen-bond acceptors (Lipinski definition) is 5. The number of likely N-dealkylation sites (tertiary alicyclic amines) is 1. The molecular formula is C24H34N6O. The molecule has 31 heavy (non-hydrogen) atoms. The van der Waals surface area contributed by atoms with E-state index >= 15 is 0 Å². The van der Waals surface area contributed by atoms with Crippen LogP contribution in [0.3, 0.4) is 0 Å². The predicted molar refractivity (Wildman–Crippen MR) is 123 cm³/mol. The number of H-pyrrole nitrogens is 1. The smallest absolute Gasteiger partial charge is 0.253 e. The van der Waals surface area contributed by atoms with Crippen LogP contribution in [0.15, 0.2) is 29.1 Å². The zero-order chi connectivity index (χ0) is 22.0. The van der Waals surface area contributed by atoms with Gasteiger partial charge in [-0.2, -0.15) is 0 Å². The molecule has 1 aliphatic heterocycles. The molecule has 0 unspecified atom stereocenters. The fraction of sp³-hybridized carbons (Fsp3) is 0.583. The second-order valence-electron chi connectivity index (χ2n) is 9.30. The zero-order valence-electron chi connectivity index (χ0n) is 19.2. The fourth-order valence-corrected chi connectivity index (χ4v) is 4.49. The average Bonchev–Trinajstić information content (AvgIpc) is 3.11. The van der Waals surface area contributed by atoms with Gasteiger partial charge in [0.1, 0.15) is 6.04 Å². The number of rotatable bonds is 6. The summed E-state index contributed by atoms with van der Waals surface area (Å²) < 4.78 is 1.93. The van der Waals surface area contributed by atoms with Crippen LogP contribution in [0.1, 0.15) is 82.8 Å². The number of nitrogens with one attached hydrogen (secondary N) is 1. The minimum Gasteiger partial charge on any atom is -0.322 e. The molecule has 0 bridgehead atoms. The summed E-state index contributed by atoms with van der Waals surface area (Å²) in [6, 6.07) is 8.05. The SMILES string of the molecule is CCc1ccc2[nH]c(=O)c([C@@H](c3nnnn3C(C)(C)CC)N3CCCCCC3)cc2c1. The molecule has 0 aliphatic carbocycles. The third kappa shape index (κ3) is 4.28. The molecule has 7 nitrogen and oxygen atoms in total. The topological polar surface area (TPSA) is 79.7 Å². The van der Waals surface area contributed by atoms with Crippen LogP contribution in [0.5, 0.6) is 0 Å². The summed E-state index contributed by atoms with van der Waals surface area (Å²) in [5.41, 5.74) is 2.56. The highest BCUT2D eigenvalue weighted by atomic mass is 16.1.